The Balaban J connectivity index is 1.55. The molecule has 152 valence electrons. The first-order valence-corrected chi connectivity index (χ1v) is 10.00. The van der Waals surface area contributed by atoms with Crippen molar-refractivity contribution in [1.29, 1.82) is 0 Å². The Bertz CT molecular complexity index is 1060. The van der Waals surface area contributed by atoms with Gasteiger partial charge in [0.1, 0.15) is 0 Å². The van der Waals surface area contributed by atoms with Crippen LogP contribution >= 0.6 is 0 Å². The number of ether oxygens (including phenoxy) is 1. The van der Waals surface area contributed by atoms with Gasteiger partial charge < -0.3 is 14.7 Å². The van der Waals surface area contributed by atoms with Crippen LogP contribution in [0.2, 0.25) is 0 Å². The number of hydrazine groups is 1. The highest BCUT2D eigenvalue weighted by Gasteiger charge is 2.27. The number of carboxylic acid groups (broad SMARTS) is 1. The zero-order valence-electron chi connectivity index (χ0n) is 16.4. The number of aromatic carboxylic acids is 1. The van der Waals surface area contributed by atoms with Gasteiger partial charge in [0.15, 0.2) is 11.5 Å². The summed E-state index contributed by atoms with van der Waals surface area (Å²) in [6, 6.07) is 19.7. The Morgan fingerprint density at radius 2 is 1.73 bits per heavy atom. The number of carboxylic acids is 1. The number of para-hydroxylation sites is 1. The monoisotopic (exact) mass is 402 g/mol. The quantitative estimate of drug-likeness (QED) is 0.692. The molecule has 2 aliphatic heterocycles. The van der Waals surface area contributed by atoms with Crippen LogP contribution in [0, 0.1) is 0 Å². The summed E-state index contributed by atoms with van der Waals surface area (Å²) in [5, 5.41) is 11.5. The molecule has 0 saturated carbocycles. The number of nitrogens with one attached hydrogen (secondary N) is 1. The fraction of sp³-hybridized carbons (Fsp3) is 0.217. The molecule has 0 radical (unpaired) electrons. The average molecular weight is 402 g/mol. The second-order valence-electron chi connectivity index (χ2n) is 7.31. The second-order valence-corrected chi connectivity index (χ2v) is 7.31. The first-order chi connectivity index (χ1) is 14.7. The maximum atomic E-state index is 11.8. The molecule has 7 nitrogen and oxygen atoms in total. The molecule has 3 heterocycles. The maximum Gasteiger partial charge on any atom is 0.354 e. The van der Waals surface area contributed by atoms with Crippen LogP contribution in [0.15, 0.2) is 60.7 Å². The average Bonchev–Trinajstić information content (AvgIpc) is 3.24. The number of morpholine rings is 1. The van der Waals surface area contributed by atoms with Gasteiger partial charge in [-0.25, -0.2) is 15.2 Å². The van der Waals surface area contributed by atoms with Crippen LogP contribution in [0.5, 0.6) is 0 Å². The molecule has 30 heavy (non-hydrogen) atoms. The molecule has 1 saturated heterocycles. The van der Waals surface area contributed by atoms with Crippen LogP contribution in [0.25, 0.3) is 11.1 Å². The molecule has 0 bridgehead atoms. The molecular weight excluding hydrogens is 380 g/mol. The Hall–Kier alpha value is -3.42. The van der Waals surface area contributed by atoms with Crippen molar-refractivity contribution in [3.63, 3.8) is 0 Å². The normalized spacial score (nSPS) is 15.9. The number of hydrogen-bond donors (Lipinski definition) is 2. The number of fused-ring (bicyclic) bond motifs is 1. The third kappa shape index (κ3) is 3.38. The fourth-order valence-electron chi connectivity index (χ4n) is 3.98. The number of pyridine rings is 1. The molecule has 2 aromatic carbocycles. The summed E-state index contributed by atoms with van der Waals surface area (Å²) >= 11 is 0. The molecule has 3 aromatic rings. The Labute approximate surface area is 174 Å². The molecule has 0 amide bonds. The number of carbonyl (C=O) groups is 1. The lowest BCUT2D eigenvalue weighted by molar-refractivity contribution is 0.0690. The van der Waals surface area contributed by atoms with E-state index in [4.69, 9.17) is 4.74 Å². The molecule has 1 fully saturated rings. The number of aromatic nitrogens is 1. The van der Waals surface area contributed by atoms with Crippen molar-refractivity contribution in [3.8, 4) is 11.1 Å². The van der Waals surface area contributed by atoms with Gasteiger partial charge in [0.05, 0.1) is 18.9 Å². The zero-order valence-corrected chi connectivity index (χ0v) is 16.4. The van der Waals surface area contributed by atoms with Crippen LogP contribution in [-0.4, -0.2) is 42.4 Å². The van der Waals surface area contributed by atoms with Crippen LogP contribution in [-0.2, 0) is 11.3 Å². The van der Waals surface area contributed by atoms with E-state index in [1.54, 1.807) is 6.07 Å². The lowest BCUT2D eigenvalue weighted by atomic mass is 9.99. The largest absolute Gasteiger partial charge is 0.477 e. The van der Waals surface area contributed by atoms with Crippen molar-refractivity contribution < 1.29 is 14.6 Å². The minimum atomic E-state index is -1.04. The minimum Gasteiger partial charge on any atom is -0.477 e. The van der Waals surface area contributed by atoms with E-state index in [0.717, 1.165) is 54.4 Å². The van der Waals surface area contributed by atoms with E-state index in [1.807, 2.05) is 35.3 Å². The highest BCUT2D eigenvalue weighted by Crippen LogP contribution is 2.37. The standard InChI is InChI=1S/C23H22N4O3/c28-23(29)21-14-19(16-6-8-17(9-7-16)26-10-12-30-13-11-26)20-15-24-27(22(20)25-21)18-4-2-1-3-5-18/h1-9,14,24H,10-13,15H2,(H,28,29). The summed E-state index contributed by atoms with van der Waals surface area (Å²) in [5.41, 5.74) is 8.28. The predicted molar refractivity (Wildman–Crippen MR) is 115 cm³/mol. The van der Waals surface area contributed by atoms with E-state index in [0.29, 0.717) is 12.4 Å². The van der Waals surface area contributed by atoms with Gasteiger partial charge in [-0.15, -0.1) is 0 Å². The topological polar surface area (TPSA) is 77.9 Å². The van der Waals surface area contributed by atoms with E-state index >= 15 is 0 Å². The highest BCUT2D eigenvalue weighted by molar-refractivity contribution is 5.90. The molecular formula is C23H22N4O3. The molecule has 2 aliphatic rings. The Kier molecular flexibility index (Phi) is 4.82. The molecule has 0 aliphatic carbocycles. The fourth-order valence-corrected chi connectivity index (χ4v) is 3.98. The summed E-state index contributed by atoms with van der Waals surface area (Å²) in [7, 11) is 0. The van der Waals surface area contributed by atoms with E-state index < -0.39 is 5.97 Å². The van der Waals surface area contributed by atoms with Crippen molar-refractivity contribution in [2.24, 2.45) is 0 Å². The molecule has 5 rings (SSSR count). The summed E-state index contributed by atoms with van der Waals surface area (Å²) in [4.78, 5) is 18.5. The molecule has 2 N–H and O–H groups in total. The number of anilines is 3. The van der Waals surface area contributed by atoms with Crippen molar-refractivity contribution in [1.82, 2.24) is 10.4 Å². The molecule has 0 atom stereocenters. The molecule has 7 heteroatoms. The Morgan fingerprint density at radius 3 is 2.43 bits per heavy atom. The Morgan fingerprint density at radius 1 is 1.00 bits per heavy atom. The van der Waals surface area contributed by atoms with Gasteiger partial charge in [0.2, 0.25) is 0 Å². The lowest BCUT2D eigenvalue weighted by Crippen LogP contribution is -2.36. The van der Waals surface area contributed by atoms with Gasteiger partial charge in [-0.2, -0.15) is 0 Å². The second kappa shape index (κ2) is 7.78. The lowest BCUT2D eigenvalue weighted by Gasteiger charge is -2.29. The first-order valence-electron chi connectivity index (χ1n) is 10.00. The van der Waals surface area contributed by atoms with Crippen LogP contribution in [0.1, 0.15) is 16.1 Å². The van der Waals surface area contributed by atoms with Crippen LogP contribution < -0.4 is 15.3 Å². The van der Waals surface area contributed by atoms with Gasteiger partial charge >= 0.3 is 5.97 Å². The van der Waals surface area contributed by atoms with E-state index in [9.17, 15) is 9.90 Å². The van der Waals surface area contributed by atoms with Gasteiger partial charge in [0.25, 0.3) is 0 Å². The van der Waals surface area contributed by atoms with E-state index in [1.165, 1.54) is 0 Å². The summed E-state index contributed by atoms with van der Waals surface area (Å²) in [6.07, 6.45) is 0. The van der Waals surface area contributed by atoms with Crippen molar-refractivity contribution in [3.05, 3.63) is 71.9 Å². The number of nitrogens with zero attached hydrogens (tertiary/aromatic N) is 3. The third-order valence-corrected chi connectivity index (χ3v) is 5.52. The number of rotatable bonds is 4. The molecule has 1 aromatic heterocycles. The summed E-state index contributed by atoms with van der Waals surface area (Å²) < 4.78 is 5.43. The van der Waals surface area contributed by atoms with E-state index in [2.05, 4.69) is 39.6 Å². The van der Waals surface area contributed by atoms with Gasteiger partial charge in [0, 0.05) is 30.9 Å². The zero-order chi connectivity index (χ0) is 20.5. The SMILES string of the molecule is O=C(O)c1cc(-c2ccc(N3CCOCC3)cc2)c2c(n1)N(c1ccccc1)NC2. The summed E-state index contributed by atoms with van der Waals surface area (Å²) in [6.45, 7) is 3.81. The number of hydrogen-bond acceptors (Lipinski definition) is 6. The van der Waals surface area contributed by atoms with Crippen molar-refractivity contribution in [2.75, 3.05) is 36.2 Å². The summed E-state index contributed by atoms with van der Waals surface area (Å²) in [5.74, 6) is -0.405. The predicted octanol–water partition coefficient (Wildman–Crippen LogP) is 3.44. The van der Waals surface area contributed by atoms with Gasteiger partial charge in [-0.1, -0.05) is 30.3 Å². The van der Waals surface area contributed by atoms with Crippen molar-refractivity contribution >= 4 is 23.2 Å². The van der Waals surface area contributed by atoms with Crippen LogP contribution in [0.4, 0.5) is 17.2 Å². The van der Waals surface area contributed by atoms with E-state index in [-0.39, 0.29) is 5.69 Å². The molecule has 0 spiro atoms. The van der Waals surface area contributed by atoms with Crippen molar-refractivity contribution in [2.45, 2.75) is 6.54 Å². The van der Waals surface area contributed by atoms with Gasteiger partial charge in [-0.05, 0) is 41.5 Å². The maximum absolute atomic E-state index is 11.8. The van der Waals surface area contributed by atoms with Crippen LogP contribution in [0.3, 0.4) is 0 Å². The third-order valence-electron chi connectivity index (χ3n) is 5.52. The highest BCUT2D eigenvalue weighted by atomic mass is 16.5. The molecule has 0 unspecified atom stereocenters. The minimum absolute atomic E-state index is 0.0330. The van der Waals surface area contributed by atoms with Gasteiger partial charge in [-0.3, -0.25) is 5.01 Å². The first kappa shape index (κ1) is 18.6. The number of benzene rings is 2. The smallest absolute Gasteiger partial charge is 0.354 e.